The van der Waals surface area contributed by atoms with E-state index in [4.69, 9.17) is 8.94 Å². The van der Waals surface area contributed by atoms with Crippen LogP contribution in [0.5, 0.6) is 0 Å². The molecule has 0 bridgehead atoms. The molecule has 0 aliphatic rings. The lowest BCUT2D eigenvalue weighted by Crippen LogP contribution is -1.89. The maximum absolute atomic E-state index is 12.9. The van der Waals surface area contributed by atoms with Crippen LogP contribution < -0.4 is 0 Å². The van der Waals surface area contributed by atoms with E-state index in [9.17, 15) is 4.39 Å². The lowest BCUT2D eigenvalue weighted by molar-refractivity contribution is 0.374. The number of hydrogen-bond acceptors (Lipinski definition) is 6. The largest absolute Gasteiger partial charge is 0.431 e. The van der Waals surface area contributed by atoms with E-state index in [-0.39, 0.29) is 11.1 Å². The van der Waals surface area contributed by atoms with Crippen LogP contribution in [0.25, 0.3) is 11.3 Å². The van der Waals surface area contributed by atoms with Gasteiger partial charge >= 0.3 is 0 Å². The van der Waals surface area contributed by atoms with E-state index in [1.165, 1.54) is 23.9 Å². The van der Waals surface area contributed by atoms with Crippen molar-refractivity contribution in [3.8, 4) is 11.3 Å². The summed E-state index contributed by atoms with van der Waals surface area (Å²) in [5.41, 5.74) is 0.777. The van der Waals surface area contributed by atoms with Gasteiger partial charge in [0, 0.05) is 12.0 Å². The van der Waals surface area contributed by atoms with Gasteiger partial charge in [0.2, 0.25) is 5.89 Å². The lowest BCUT2D eigenvalue weighted by atomic mass is 10.2. The highest BCUT2D eigenvalue weighted by atomic mass is 32.2. The molecule has 0 N–H and O–H groups in total. The van der Waals surface area contributed by atoms with Gasteiger partial charge in [-0.15, -0.1) is 0 Å². The van der Waals surface area contributed by atoms with E-state index in [2.05, 4.69) is 15.1 Å². The van der Waals surface area contributed by atoms with Crippen molar-refractivity contribution in [3.05, 3.63) is 48.0 Å². The topological polar surface area (TPSA) is 65.0 Å². The molecular formula is C15H14FN3O2S. The summed E-state index contributed by atoms with van der Waals surface area (Å²) in [6, 6.07) is 6.08. The first-order valence-corrected chi connectivity index (χ1v) is 7.74. The number of halogens is 1. The summed E-state index contributed by atoms with van der Waals surface area (Å²) in [5, 5.41) is 4.31. The Morgan fingerprint density at radius 2 is 2.05 bits per heavy atom. The van der Waals surface area contributed by atoms with E-state index in [1.807, 2.05) is 13.8 Å². The Labute approximate surface area is 130 Å². The highest BCUT2D eigenvalue weighted by Crippen LogP contribution is 2.35. The molecule has 1 atom stereocenters. The van der Waals surface area contributed by atoms with Gasteiger partial charge in [0.25, 0.3) is 5.22 Å². The van der Waals surface area contributed by atoms with Crippen LogP contribution in [0.4, 0.5) is 4.39 Å². The van der Waals surface area contributed by atoms with Crippen molar-refractivity contribution in [3.63, 3.8) is 0 Å². The fourth-order valence-corrected chi connectivity index (χ4v) is 2.59. The van der Waals surface area contributed by atoms with Crippen molar-refractivity contribution in [2.45, 2.75) is 30.7 Å². The molecule has 0 saturated carbocycles. The Bertz CT molecular complexity index is 754. The minimum absolute atomic E-state index is 0.0625. The third kappa shape index (κ3) is 3.19. The molecule has 0 spiro atoms. The van der Waals surface area contributed by atoms with Crippen LogP contribution in [0.15, 0.2) is 44.6 Å². The van der Waals surface area contributed by atoms with Gasteiger partial charge < -0.3 is 8.94 Å². The number of hydrogen-bond donors (Lipinski definition) is 0. The van der Waals surface area contributed by atoms with Crippen LogP contribution in [0.2, 0.25) is 0 Å². The highest BCUT2D eigenvalue weighted by Gasteiger charge is 2.18. The number of oxazole rings is 1. The molecule has 0 aliphatic carbocycles. The van der Waals surface area contributed by atoms with Crippen molar-refractivity contribution in [2.75, 3.05) is 0 Å². The Morgan fingerprint density at radius 3 is 2.73 bits per heavy atom. The van der Waals surface area contributed by atoms with Crippen LogP contribution in [0, 0.1) is 5.82 Å². The molecule has 22 heavy (non-hydrogen) atoms. The fourth-order valence-electron chi connectivity index (χ4n) is 1.84. The second kappa shape index (κ2) is 6.31. The summed E-state index contributed by atoms with van der Waals surface area (Å²) < 4.78 is 23.8. The van der Waals surface area contributed by atoms with Gasteiger partial charge in [-0.25, -0.2) is 9.37 Å². The monoisotopic (exact) mass is 319 g/mol. The summed E-state index contributed by atoms with van der Waals surface area (Å²) in [6.07, 6.45) is 2.35. The van der Waals surface area contributed by atoms with Crippen LogP contribution >= 0.6 is 11.8 Å². The molecule has 0 aliphatic heterocycles. The number of aryl methyl sites for hydroxylation is 1. The predicted molar refractivity (Wildman–Crippen MR) is 79.8 cm³/mol. The first-order chi connectivity index (χ1) is 10.7. The summed E-state index contributed by atoms with van der Waals surface area (Å²) >= 11 is 1.39. The van der Waals surface area contributed by atoms with Gasteiger partial charge in [-0.2, -0.15) is 4.98 Å². The molecule has 0 radical (unpaired) electrons. The summed E-state index contributed by atoms with van der Waals surface area (Å²) in [7, 11) is 0. The normalized spacial score (nSPS) is 12.5. The SMILES string of the molecule is CCc1noc(C(C)Sc2ncc(-c3ccc(F)cc3)o2)n1. The maximum Gasteiger partial charge on any atom is 0.256 e. The first kappa shape index (κ1) is 14.8. The van der Waals surface area contributed by atoms with Gasteiger partial charge in [-0.05, 0) is 31.2 Å². The van der Waals surface area contributed by atoms with Gasteiger partial charge in [-0.1, -0.05) is 23.8 Å². The number of aromatic nitrogens is 3. The van der Waals surface area contributed by atoms with E-state index in [1.54, 1.807) is 18.3 Å². The zero-order chi connectivity index (χ0) is 15.5. The van der Waals surface area contributed by atoms with Crippen LogP contribution in [0.1, 0.15) is 30.8 Å². The quantitative estimate of drug-likeness (QED) is 0.654. The predicted octanol–water partition coefficient (Wildman–Crippen LogP) is 4.28. The van der Waals surface area contributed by atoms with Gasteiger partial charge in [0.1, 0.15) is 5.82 Å². The minimum Gasteiger partial charge on any atom is -0.431 e. The molecule has 3 aromatic rings. The number of nitrogens with zero attached hydrogens (tertiary/aromatic N) is 3. The van der Waals surface area contributed by atoms with E-state index >= 15 is 0 Å². The molecule has 2 aromatic heterocycles. The first-order valence-electron chi connectivity index (χ1n) is 6.86. The summed E-state index contributed by atoms with van der Waals surface area (Å²) in [6.45, 7) is 3.91. The summed E-state index contributed by atoms with van der Waals surface area (Å²) in [4.78, 5) is 8.51. The molecular weight excluding hydrogens is 305 g/mol. The van der Waals surface area contributed by atoms with Crippen molar-refractivity contribution < 1.29 is 13.3 Å². The highest BCUT2D eigenvalue weighted by molar-refractivity contribution is 7.99. The molecule has 3 rings (SSSR count). The fraction of sp³-hybridized carbons (Fsp3) is 0.267. The van der Waals surface area contributed by atoms with Crippen molar-refractivity contribution >= 4 is 11.8 Å². The maximum atomic E-state index is 12.9. The molecule has 2 heterocycles. The average molecular weight is 319 g/mol. The van der Waals surface area contributed by atoms with Crippen molar-refractivity contribution in [1.82, 2.24) is 15.1 Å². The lowest BCUT2D eigenvalue weighted by Gasteiger charge is -2.01. The van der Waals surface area contributed by atoms with E-state index < -0.39 is 0 Å². The Balaban J connectivity index is 1.72. The standard InChI is InChI=1S/C15H14FN3O2S/c1-3-13-18-14(21-19-13)9(2)22-15-17-8-12(20-15)10-4-6-11(16)7-5-10/h4-9H,3H2,1-2H3. The molecule has 1 unspecified atom stereocenters. The van der Waals surface area contributed by atoms with Crippen molar-refractivity contribution in [1.29, 1.82) is 0 Å². The third-order valence-corrected chi connectivity index (χ3v) is 3.98. The smallest absolute Gasteiger partial charge is 0.256 e. The second-order valence-corrected chi connectivity index (χ2v) is 5.95. The molecule has 0 saturated heterocycles. The number of benzene rings is 1. The Hall–Kier alpha value is -2.15. The second-order valence-electron chi connectivity index (χ2n) is 4.66. The molecule has 7 heteroatoms. The molecule has 0 fully saturated rings. The van der Waals surface area contributed by atoms with Gasteiger partial charge in [0.15, 0.2) is 11.6 Å². The van der Waals surface area contributed by atoms with Crippen LogP contribution in [0.3, 0.4) is 0 Å². The summed E-state index contributed by atoms with van der Waals surface area (Å²) in [5.74, 6) is 1.54. The average Bonchev–Trinajstić information content (AvgIpc) is 3.17. The molecule has 0 amide bonds. The molecule has 5 nitrogen and oxygen atoms in total. The zero-order valence-corrected chi connectivity index (χ0v) is 12.9. The molecule has 1 aromatic carbocycles. The van der Waals surface area contributed by atoms with Crippen LogP contribution in [-0.4, -0.2) is 15.1 Å². The van der Waals surface area contributed by atoms with Gasteiger partial charge in [0.05, 0.1) is 11.4 Å². The number of thioether (sulfide) groups is 1. The van der Waals surface area contributed by atoms with Crippen molar-refractivity contribution in [2.24, 2.45) is 0 Å². The number of rotatable bonds is 5. The van der Waals surface area contributed by atoms with Gasteiger partial charge in [-0.3, -0.25) is 0 Å². The third-order valence-electron chi connectivity index (χ3n) is 3.04. The van der Waals surface area contributed by atoms with Crippen LogP contribution in [-0.2, 0) is 6.42 Å². The van der Waals surface area contributed by atoms with E-state index in [0.717, 1.165) is 12.0 Å². The minimum atomic E-state index is -0.283. The molecule has 114 valence electrons. The van der Waals surface area contributed by atoms with E-state index in [0.29, 0.717) is 22.7 Å². The Kier molecular flexibility index (Phi) is 4.24. The Morgan fingerprint density at radius 1 is 1.27 bits per heavy atom. The zero-order valence-electron chi connectivity index (χ0n) is 12.1.